The number of carboxylic acid groups (broad SMARTS) is 1. The number of rotatable bonds is 6. The summed E-state index contributed by atoms with van der Waals surface area (Å²) >= 11 is 0. The van der Waals surface area contributed by atoms with Gasteiger partial charge in [0.2, 0.25) is 5.91 Å². The van der Waals surface area contributed by atoms with Crippen LogP contribution in [0.25, 0.3) is 0 Å². The van der Waals surface area contributed by atoms with Gasteiger partial charge in [-0.1, -0.05) is 25.0 Å². The summed E-state index contributed by atoms with van der Waals surface area (Å²) in [7, 11) is 0. The van der Waals surface area contributed by atoms with E-state index in [0.29, 0.717) is 25.9 Å². The molecule has 0 aromatic rings. The highest BCUT2D eigenvalue weighted by Gasteiger charge is 2.37. The highest BCUT2D eigenvalue weighted by Crippen LogP contribution is 2.31. The van der Waals surface area contributed by atoms with Crippen LogP contribution in [-0.4, -0.2) is 35.0 Å². The molecule has 4 nitrogen and oxygen atoms in total. The van der Waals surface area contributed by atoms with Crippen LogP contribution in [-0.2, 0) is 9.59 Å². The first kappa shape index (κ1) is 14.5. The van der Waals surface area contributed by atoms with Gasteiger partial charge in [-0.25, -0.2) is 0 Å². The number of amides is 1. The Morgan fingerprint density at radius 3 is 2.06 bits per heavy atom. The fraction of sp³-hybridized carbons (Fsp3) is 0.571. The van der Waals surface area contributed by atoms with Crippen LogP contribution in [0.1, 0.15) is 25.7 Å². The van der Waals surface area contributed by atoms with Gasteiger partial charge in [0.05, 0.1) is 11.8 Å². The van der Waals surface area contributed by atoms with Gasteiger partial charge in [-0.15, -0.1) is 13.2 Å². The maximum absolute atomic E-state index is 12.4. The minimum Gasteiger partial charge on any atom is -0.481 e. The van der Waals surface area contributed by atoms with Crippen molar-refractivity contribution in [3.8, 4) is 0 Å². The van der Waals surface area contributed by atoms with Crippen molar-refractivity contribution >= 4 is 11.9 Å². The Hall–Kier alpha value is -1.58. The van der Waals surface area contributed by atoms with Crippen molar-refractivity contribution < 1.29 is 14.7 Å². The van der Waals surface area contributed by atoms with E-state index < -0.39 is 17.8 Å². The van der Waals surface area contributed by atoms with Gasteiger partial charge in [0.15, 0.2) is 0 Å². The molecule has 0 saturated heterocycles. The zero-order valence-corrected chi connectivity index (χ0v) is 10.7. The Bertz CT molecular complexity index is 328. The Kier molecular flexibility index (Phi) is 5.62. The second-order valence-electron chi connectivity index (χ2n) is 4.66. The topological polar surface area (TPSA) is 57.6 Å². The molecule has 1 saturated carbocycles. The molecule has 0 aromatic heterocycles. The van der Waals surface area contributed by atoms with E-state index in [-0.39, 0.29) is 5.91 Å². The molecule has 0 aliphatic heterocycles. The van der Waals surface area contributed by atoms with Gasteiger partial charge in [0, 0.05) is 13.1 Å². The third kappa shape index (κ3) is 3.45. The molecule has 0 aromatic carbocycles. The summed E-state index contributed by atoms with van der Waals surface area (Å²) in [5.41, 5.74) is 0. The van der Waals surface area contributed by atoms with E-state index in [0.717, 1.165) is 12.8 Å². The average Bonchev–Trinajstić information content (AvgIpc) is 2.37. The van der Waals surface area contributed by atoms with Crippen molar-refractivity contribution in [2.24, 2.45) is 11.8 Å². The van der Waals surface area contributed by atoms with Crippen LogP contribution >= 0.6 is 0 Å². The maximum atomic E-state index is 12.4. The molecular weight excluding hydrogens is 230 g/mol. The average molecular weight is 251 g/mol. The van der Waals surface area contributed by atoms with Crippen LogP contribution < -0.4 is 0 Å². The van der Waals surface area contributed by atoms with Gasteiger partial charge in [-0.2, -0.15) is 0 Å². The molecule has 0 unspecified atom stereocenters. The third-order valence-corrected chi connectivity index (χ3v) is 3.41. The van der Waals surface area contributed by atoms with Gasteiger partial charge < -0.3 is 10.0 Å². The van der Waals surface area contributed by atoms with Crippen molar-refractivity contribution in [2.75, 3.05) is 13.1 Å². The molecule has 1 N–H and O–H groups in total. The molecular formula is C14H21NO3. The van der Waals surface area contributed by atoms with E-state index >= 15 is 0 Å². The summed E-state index contributed by atoms with van der Waals surface area (Å²) in [5.74, 6) is -1.87. The quantitative estimate of drug-likeness (QED) is 0.735. The molecule has 4 heteroatoms. The van der Waals surface area contributed by atoms with Gasteiger partial charge in [-0.05, 0) is 12.8 Å². The number of carbonyl (C=O) groups is 2. The predicted molar refractivity (Wildman–Crippen MR) is 70.1 cm³/mol. The zero-order chi connectivity index (χ0) is 13.5. The minimum absolute atomic E-state index is 0.0816. The zero-order valence-electron chi connectivity index (χ0n) is 10.7. The van der Waals surface area contributed by atoms with Gasteiger partial charge in [-0.3, -0.25) is 9.59 Å². The number of carboxylic acids is 1. The number of aliphatic carboxylic acids is 1. The molecule has 0 radical (unpaired) electrons. The molecule has 0 bridgehead atoms. The van der Waals surface area contributed by atoms with Crippen molar-refractivity contribution in [1.29, 1.82) is 0 Å². The van der Waals surface area contributed by atoms with Crippen molar-refractivity contribution in [2.45, 2.75) is 25.7 Å². The van der Waals surface area contributed by atoms with Crippen LogP contribution in [0.3, 0.4) is 0 Å². The molecule has 1 amide bonds. The summed E-state index contributed by atoms with van der Waals surface area (Å²) in [6, 6.07) is 0. The number of nitrogens with zero attached hydrogens (tertiary/aromatic N) is 1. The molecule has 1 aliphatic carbocycles. The monoisotopic (exact) mass is 251 g/mol. The van der Waals surface area contributed by atoms with E-state index in [1.807, 2.05) is 0 Å². The highest BCUT2D eigenvalue weighted by molar-refractivity contribution is 5.85. The van der Waals surface area contributed by atoms with E-state index in [9.17, 15) is 14.7 Å². The first-order valence-corrected chi connectivity index (χ1v) is 6.35. The van der Waals surface area contributed by atoms with Gasteiger partial charge in [0.25, 0.3) is 0 Å². The predicted octanol–water partition coefficient (Wildman–Crippen LogP) is 2.08. The summed E-state index contributed by atoms with van der Waals surface area (Å²) in [4.78, 5) is 25.2. The maximum Gasteiger partial charge on any atom is 0.307 e. The molecule has 2 atom stereocenters. The number of hydrogen-bond donors (Lipinski definition) is 1. The fourth-order valence-electron chi connectivity index (χ4n) is 2.52. The molecule has 1 fully saturated rings. The van der Waals surface area contributed by atoms with Crippen molar-refractivity contribution in [3.05, 3.63) is 25.3 Å². The van der Waals surface area contributed by atoms with Crippen molar-refractivity contribution in [3.63, 3.8) is 0 Å². The summed E-state index contributed by atoms with van der Waals surface area (Å²) in [5, 5.41) is 9.19. The number of hydrogen-bond acceptors (Lipinski definition) is 2. The second kappa shape index (κ2) is 6.99. The Labute approximate surface area is 108 Å². The smallest absolute Gasteiger partial charge is 0.307 e. The summed E-state index contributed by atoms with van der Waals surface area (Å²) < 4.78 is 0. The Morgan fingerprint density at radius 2 is 1.61 bits per heavy atom. The fourth-order valence-corrected chi connectivity index (χ4v) is 2.52. The Morgan fingerprint density at radius 1 is 1.11 bits per heavy atom. The van der Waals surface area contributed by atoms with Crippen LogP contribution in [0.2, 0.25) is 0 Å². The largest absolute Gasteiger partial charge is 0.481 e. The van der Waals surface area contributed by atoms with E-state index in [2.05, 4.69) is 13.2 Å². The molecule has 0 heterocycles. The lowest BCUT2D eigenvalue weighted by atomic mass is 9.78. The lowest BCUT2D eigenvalue weighted by molar-refractivity contribution is -0.151. The minimum atomic E-state index is -0.856. The SMILES string of the molecule is C=CCN(CC=C)C(=O)[C@@H]1CCCC[C@H]1C(=O)O. The lowest BCUT2D eigenvalue weighted by Crippen LogP contribution is -2.42. The molecule has 1 aliphatic rings. The van der Waals surface area contributed by atoms with E-state index in [1.54, 1.807) is 17.1 Å². The van der Waals surface area contributed by atoms with E-state index in [4.69, 9.17) is 0 Å². The molecule has 18 heavy (non-hydrogen) atoms. The second-order valence-corrected chi connectivity index (χ2v) is 4.66. The first-order chi connectivity index (χ1) is 8.61. The lowest BCUT2D eigenvalue weighted by Gasteiger charge is -2.31. The van der Waals surface area contributed by atoms with Crippen LogP contribution in [0, 0.1) is 11.8 Å². The highest BCUT2D eigenvalue weighted by atomic mass is 16.4. The van der Waals surface area contributed by atoms with Crippen LogP contribution in [0.5, 0.6) is 0 Å². The molecule has 100 valence electrons. The number of carbonyl (C=O) groups excluding carboxylic acids is 1. The van der Waals surface area contributed by atoms with Gasteiger partial charge in [0.1, 0.15) is 0 Å². The summed E-state index contributed by atoms with van der Waals surface area (Å²) in [6.45, 7) is 8.12. The van der Waals surface area contributed by atoms with Crippen molar-refractivity contribution in [1.82, 2.24) is 4.90 Å². The normalized spacial score (nSPS) is 23.1. The van der Waals surface area contributed by atoms with Gasteiger partial charge >= 0.3 is 5.97 Å². The standard InChI is InChI=1S/C14H21NO3/c1-3-9-15(10-4-2)13(16)11-7-5-6-8-12(11)14(17)18/h3-4,11-12H,1-2,5-10H2,(H,17,18)/t11-,12-/m1/s1. The van der Waals surface area contributed by atoms with E-state index in [1.165, 1.54) is 0 Å². The molecule has 1 rings (SSSR count). The molecule has 0 spiro atoms. The third-order valence-electron chi connectivity index (χ3n) is 3.41. The summed E-state index contributed by atoms with van der Waals surface area (Å²) in [6.07, 6.45) is 6.39. The first-order valence-electron chi connectivity index (χ1n) is 6.35. The Balaban J connectivity index is 2.79. The van der Waals surface area contributed by atoms with Crippen LogP contribution in [0.4, 0.5) is 0 Å². The van der Waals surface area contributed by atoms with Crippen LogP contribution in [0.15, 0.2) is 25.3 Å².